The average molecular weight is 459 g/mol. The number of benzene rings is 2. The highest BCUT2D eigenvalue weighted by molar-refractivity contribution is 5.47. The Labute approximate surface area is 196 Å². The van der Waals surface area contributed by atoms with Crippen molar-refractivity contribution in [3.63, 3.8) is 0 Å². The van der Waals surface area contributed by atoms with Gasteiger partial charge >= 0.3 is 0 Å². The van der Waals surface area contributed by atoms with Crippen molar-refractivity contribution in [1.29, 1.82) is 5.26 Å². The summed E-state index contributed by atoms with van der Waals surface area (Å²) in [5.74, 6) is 1.76. The first-order valence-corrected chi connectivity index (χ1v) is 11.1. The zero-order valence-corrected chi connectivity index (χ0v) is 20.2. The average Bonchev–Trinajstić information content (AvgIpc) is 2.84. The molecule has 0 heterocycles. The summed E-state index contributed by atoms with van der Waals surface area (Å²) < 4.78 is 29.6. The molecule has 0 aliphatic carbocycles. The highest BCUT2D eigenvalue weighted by Gasteiger charge is 2.36. The number of alkyl halides is 1. The van der Waals surface area contributed by atoms with Crippen molar-refractivity contribution >= 4 is 0 Å². The topological polar surface area (TPSA) is 75.0 Å². The minimum absolute atomic E-state index is 0.0592. The number of phenolic OH excluding ortho intramolecular Hbond substituents is 1. The Morgan fingerprint density at radius 1 is 1.00 bits per heavy atom. The molecule has 0 saturated heterocycles. The molecule has 0 amide bonds. The first-order valence-electron chi connectivity index (χ1n) is 11.1. The first kappa shape index (κ1) is 26.3. The van der Waals surface area contributed by atoms with Crippen LogP contribution in [-0.2, 0) is 11.8 Å². The van der Waals surface area contributed by atoms with Crippen LogP contribution in [0.4, 0.5) is 4.39 Å². The van der Waals surface area contributed by atoms with E-state index in [0.717, 1.165) is 11.1 Å². The number of aromatic hydroxyl groups is 1. The number of ether oxygens (including phenoxy) is 3. The number of hydrogen-bond acceptors (Lipinski definition) is 6. The van der Waals surface area contributed by atoms with Crippen LogP contribution in [0.1, 0.15) is 37.8 Å². The van der Waals surface area contributed by atoms with Gasteiger partial charge in [-0.05, 0) is 60.6 Å². The third kappa shape index (κ3) is 6.29. The minimum Gasteiger partial charge on any atom is -0.504 e. The molecule has 0 aliphatic rings. The molecule has 1 N–H and O–H groups in total. The van der Waals surface area contributed by atoms with Gasteiger partial charge in [0.1, 0.15) is 6.80 Å². The molecule has 0 bridgehead atoms. The van der Waals surface area contributed by atoms with Gasteiger partial charge in [0.05, 0.1) is 32.8 Å². The van der Waals surface area contributed by atoms with Crippen molar-refractivity contribution in [3.05, 3.63) is 47.5 Å². The molecule has 0 aromatic heterocycles. The summed E-state index contributed by atoms with van der Waals surface area (Å²) in [7, 11) is 4.66. The normalized spacial score (nSPS) is 12.9. The minimum atomic E-state index is -0.716. The van der Waals surface area contributed by atoms with E-state index in [1.165, 1.54) is 7.11 Å². The van der Waals surface area contributed by atoms with E-state index in [2.05, 4.69) is 6.07 Å². The van der Waals surface area contributed by atoms with Crippen LogP contribution in [0, 0.1) is 17.2 Å². The van der Waals surface area contributed by atoms with E-state index < -0.39 is 12.2 Å². The molecule has 0 unspecified atom stereocenters. The number of halogens is 1. The summed E-state index contributed by atoms with van der Waals surface area (Å²) in [6, 6.07) is 13.3. The lowest BCUT2D eigenvalue weighted by Gasteiger charge is -2.32. The molecule has 180 valence electrons. The summed E-state index contributed by atoms with van der Waals surface area (Å²) in [6.07, 6.45) is 1.90. The van der Waals surface area contributed by atoms with E-state index in [1.807, 2.05) is 38.1 Å². The second-order valence-electron chi connectivity index (χ2n) is 8.40. The number of nitriles is 1. The molecule has 6 nitrogen and oxygen atoms in total. The van der Waals surface area contributed by atoms with Gasteiger partial charge in [-0.25, -0.2) is 4.39 Å². The Kier molecular flexibility index (Phi) is 9.80. The molecule has 0 saturated carbocycles. The maximum atomic E-state index is 13.7. The van der Waals surface area contributed by atoms with Crippen LogP contribution in [0.25, 0.3) is 0 Å². The van der Waals surface area contributed by atoms with Gasteiger partial charge in [0.25, 0.3) is 0 Å². The van der Waals surface area contributed by atoms with E-state index in [1.54, 1.807) is 31.3 Å². The maximum absolute atomic E-state index is 13.7. The zero-order chi connectivity index (χ0) is 24.4. The van der Waals surface area contributed by atoms with Crippen molar-refractivity contribution < 1.29 is 23.7 Å². The van der Waals surface area contributed by atoms with Gasteiger partial charge in [-0.15, -0.1) is 0 Å². The van der Waals surface area contributed by atoms with E-state index in [-0.39, 0.29) is 11.7 Å². The molecule has 1 atom stereocenters. The van der Waals surface area contributed by atoms with E-state index >= 15 is 0 Å². The Hall–Kier alpha value is -2.98. The van der Waals surface area contributed by atoms with Crippen LogP contribution in [0.3, 0.4) is 0 Å². The van der Waals surface area contributed by atoms with Gasteiger partial charge < -0.3 is 19.3 Å². The van der Waals surface area contributed by atoms with Crippen molar-refractivity contribution in [2.24, 2.45) is 5.92 Å². The van der Waals surface area contributed by atoms with Crippen LogP contribution in [0.15, 0.2) is 36.4 Å². The Morgan fingerprint density at radius 2 is 1.70 bits per heavy atom. The summed E-state index contributed by atoms with van der Waals surface area (Å²) >= 11 is 0. The predicted octanol–water partition coefficient (Wildman–Crippen LogP) is 5.09. The fraction of sp³-hybridized carbons (Fsp3) is 0.500. The van der Waals surface area contributed by atoms with E-state index in [4.69, 9.17) is 14.2 Å². The number of phenols is 1. The lowest BCUT2D eigenvalue weighted by atomic mass is 9.69. The number of rotatable bonds is 13. The third-order valence-electron chi connectivity index (χ3n) is 6.26. The lowest BCUT2D eigenvalue weighted by molar-refractivity contribution is 0.178. The van der Waals surface area contributed by atoms with Gasteiger partial charge in [0.15, 0.2) is 23.0 Å². The maximum Gasteiger partial charge on any atom is 0.161 e. The molecular formula is C26H35FN2O4. The van der Waals surface area contributed by atoms with Gasteiger partial charge in [-0.3, -0.25) is 4.90 Å². The molecule has 0 aliphatic heterocycles. The van der Waals surface area contributed by atoms with Crippen LogP contribution in [0.2, 0.25) is 0 Å². The molecule has 0 spiro atoms. The second kappa shape index (κ2) is 12.3. The largest absolute Gasteiger partial charge is 0.504 e. The molecule has 2 aromatic rings. The summed E-state index contributed by atoms with van der Waals surface area (Å²) in [5, 5.41) is 19.9. The number of hydrogen-bond donors (Lipinski definition) is 1. The standard InChI is InChI=1S/C26H35FN2O4/c1-19(2)26(17-28,21-8-10-23(31-3)25(16-21)33-5)12-6-13-29(18-27)14-11-20-7-9-22(30)24(15-20)32-4/h7-10,15-16,19,30H,6,11-14,18H2,1-5H3/t26-/m1/s1. The first-order chi connectivity index (χ1) is 15.8. The van der Waals surface area contributed by atoms with Crippen LogP contribution in [-0.4, -0.2) is 51.2 Å². The fourth-order valence-corrected chi connectivity index (χ4v) is 4.11. The number of nitrogens with zero attached hydrogens (tertiary/aromatic N) is 2. The van der Waals surface area contributed by atoms with Gasteiger partial charge in [0, 0.05) is 13.1 Å². The monoisotopic (exact) mass is 458 g/mol. The molecule has 7 heteroatoms. The second-order valence-corrected chi connectivity index (χ2v) is 8.40. The summed E-state index contributed by atoms with van der Waals surface area (Å²) in [6.45, 7) is 4.57. The smallest absolute Gasteiger partial charge is 0.161 e. The number of methoxy groups -OCH3 is 3. The molecule has 2 aromatic carbocycles. The van der Waals surface area contributed by atoms with Crippen LogP contribution < -0.4 is 14.2 Å². The van der Waals surface area contributed by atoms with Gasteiger partial charge in [0.2, 0.25) is 0 Å². The van der Waals surface area contributed by atoms with E-state index in [0.29, 0.717) is 49.6 Å². The van der Waals surface area contributed by atoms with Gasteiger partial charge in [-0.2, -0.15) is 5.26 Å². The Balaban J connectivity index is 2.07. The molecular weight excluding hydrogens is 423 g/mol. The highest BCUT2D eigenvalue weighted by atomic mass is 19.1. The Bertz CT molecular complexity index is 944. The quantitative estimate of drug-likeness (QED) is 0.422. The SMILES string of the molecule is COc1cc(CCN(CF)CCC[C@](C#N)(c2ccc(OC)c(OC)c2)C(C)C)ccc1O. The zero-order valence-electron chi connectivity index (χ0n) is 20.2. The molecule has 2 rings (SSSR count). The fourth-order valence-electron chi connectivity index (χ4n) is 4.11. The van der Waals surface area contributed by atoms with Crippen LogP contribution in [0.5, 0.6) is 23.0 Å². The Morgan fingerprint density at radius 3 is 2.27 bits per heavy atom. The summed E-state index contributed by atoms with van der Waals surface area (Å²) in [4.78, 5) is 1.73. The third-order valence-corrected chi connectivity index (χ3v) is 6.26. The van der Waals surface area contributed by atoms with Crippen molar-refractivity contribution in [2.75, 3.05) is 41.2 Å². The van der Waals surface area contributed by atoms with Crippen LogP contribution >= 0.6 is 0 Å². The molecule has 0 fully saturated rings. The lowest BCUT2D eigenvalue weighted by Crippen LogP contribution is -2.33. The summed E-state index contributed by atoms with van der Waals surface area (Å²) in [5.41, 5.74) is 1.12. The van der Waals surface area contributed by atoms with E-state index in [9.17, 15) is 14.8 Å². The van der Waals surface area contributed by atoms with Crippen molar-refractivity contribution in [1.82, 2.24) is 4.90 Å². The molecule has 33 heavy (non-hydrogen) atoms. The predicted molar refractivity (Wildman–Crippen MR) is 127 cm³/mol. The van der Waals surface area contributed by atoms with Gasteiger partial charge in [-0.1, -0.05) is 26.0 Å². The molecule has 0 radical (unpaired) electrons. The van der Waals surface area contributed by atoms with Crippen molar-refractivity contribution in [2.45, 2.75) is 38.5 Å². The highest BCUT2D eigenvalue weighted by Crippen LogP contribution is 2.40. The van der Waals surface area contributed by atoms with Crippen molar-refractivity contribution in [3.8, 4) is 29.1 Å².